The van der Waals surface area contributed by atoms with E-state index in [1.54, 1.807) is 0 Å². The van der Waals surface area contributed by atoms with Crippen LogP contribution >= 0.6 is 0 Å². The Bertz CT molecular complexity index is 945. The summed E-state index contributed by atoms with van der Waals surface area (Å²) in [5.74, 6) is 0.680. The largest absolute Gasteiger partial charge is 0.508 e. The molecule has 0 unspecified atom stereocenters. The molecule has 0 atom stereocenters. The van der Waals surface area contributed by atoms with E-state index in [1.165, 1.54) is 204 Å². The molecule has 0 aliphatic rings. The van der Waals surface area contributed by atoms with Crippen LogP contribution in [0.1, 0.15) is 229 Å². The SMILES string of the molecule is CCCCCCCCCCCCCCCCCc1ccc(O)c(Cc2cc(CCCCCCCCCCCCCCCCC)ccc2O)c1. The van der Waals surface area contributed by atoms with Crippen molar-refractivity contribution in [1.29, 1.82) is 0 Å². The van der Waals surface area contributed by atoms with Crippen LogP contribution in [0.25, 0.3) is 0 Å². The molecule has 2 rings (SSSR count). The minimum atomic E-state index is 0.340. The monoisotopic (exact) mass is 677 g/mol. The molecule has 0 bridgehead atoms. The molecular formula is C47H80O2. The van der Waals surface area contributed by atoms with Crippen LogP contribution in [0.15, 0.2) is 36.4 Å². The Kier molecular flexibility index (Phi) is 27.2. The molecule has 2 heteroatoms. The van der Waals surface area contributed by atoms with Crippen molar-refractivity contribution in [3.8, 4) is 11.5 Å². The Morgan fingerprint density at radius 2 is 0.571 bits per heavy atom. The quantitative estimate of drug-likeness (QED) is 0.0724. The van der Waals surface area contributed by atoms with E-state index in [2.05, 4.69) is 38.1 Å². The van der Waals surface area contributed by atoms with Crippen LogP contribution in [0.2, 0.25) is 0 Å². The van der Waals surface area contributed by atoms with Crippen molar-refractivity contribution in [2.45, 2.75) is 226 Å². The van der Waals surface area contributed by atoms with Gasteiger partial charge >= 0.3 is 0 Å². The number of phenols is 2. The lowest BCUT2D eigenvalue weighted by Crippen LogP contribution is -1.95. The highest BCUT2D eigenvalue weighted by molar-refractivity contribution is 5.44. The van der Waals surface area contributed by atoms with Crippen molar-refractivity contribution >= 4 is 0 Å². The van der Waals surface area contributed by atoms with E-state index in [-0.39, 0.29) is 0 Å². The van der Waals surface area contributed by atoms with Gasteiger partial charge in [0.25, 0.3) is 0 Å². The van der Waals surface area contributed by atoms with E-state index >= 15 is 0 Å². The number of unbranched alkanes of at least 4 members (excludes halogenated alkanes) is 28. The third-order valence-corrected chi connectivity index (χ3v) is 10.8. The Labute approximate surface area is 305 Å². The van der Waals surface area contributed by atoms with Crippen LogP contribution in [-0.2, 0) is 19.3 Å². The van der Waals surface area contributed by atoms with Crippen LogP contribution in [0, 0.1) is 0 Å². The molecule has 0 fully saturated rings. The van der Waals surface area contributed by atoms with Crippen molar-refractivity contribution in [3.05, 3.63) is 58.7 Å². The molecule has 280 valence electrons. The molecule has 2 N–H and O–H groups in total. The second-order valence-electron chi connectivity index (χ2n) is 15.5. The maximum absolute atomic E-state index is 10.6. The highest BCUT2D eigenvalue weighted by Gasteiger charge is 2.09. The molecule has 2 nitrogen and oxygen atoms in total. The number of rotatable bonds is 34. The van der Waals surface area contributed by atoms with Crippen molar-refractivity contribution in [2.75, 3.05) is 0 Å². The van der Waals surface area contributed by atoms with Gasteiger partial charge in [-0.15, -0.1) is 0 Å². The summed E-state index contributed by atoms with van der Waals surface area (Å²) < 4.78 is 0. The second kappa shape index (κ2) is 30.8. The van der Waals surface area contributed by atoms with Gasteiger partial charge in [0.05, 0.1) is 0 Å². The summed E-state index contributed by atoms with van der Waals surface area (Å²) in [6, 6.07) is 12.2. The molecule has 0 spiro atoms. The lowest BCUT2D eigenvalue weighted by molar-refractivity contribution is 0.462. The number of phenolic OH excluding ortho intramolecular Hbond substituents is 2. The molecule has 0 aromatic heterocycles. The Balaban J connectivity index is 1.54. The highest BCUT2D eigenvalue weighted by Crippen LogP contribution is 2.28. The fraction of sp³-hybridized carbons (Fsp3) is 0.745. The van der Waals surface area contributed by atoms with Crippen molar-refractivity contribution in [3.63, 3.8) is 0 Å². The standard InChI is InChI=1S/C47H80O2/c1-3-5-7-9-11-13-15-17-19-21-23-25-27-29-31-33-42-35-37-46(48)44(39-42)41-45-40-43(36-38-47(45)49)34-32-30-28-26-24-22-20-18-16-14-12-10-8-6-4-2/h35-40,48-49H,3-34,41H2,1-2H3. The summed E-state index contributed by atoms with van der Waals surface area (Å²) >= 11 is 0. The van der Waals surface area contributed by atoms with Gasteiger partial charge in [-0.1, -0.05) is 218 Å². The fourth-order valence-electron chi connectivity index (χ4n) is 7.48. The lowest BCUT2D eigenvalue weighted by Gasteiger charge is -2.11. The summed E-state index contributed by atoms with van der Waals surface area (Å²) in [6.45, 7) is 4.58. The van der Waals surface area contributed by atoms with E-state index in [9.17, 15) is 10.2 Å². The van der Waals surface area contributed by atoms with Gasteiger partial charge in [0.1, 0.15) is 11.5 Å². The molecule has 0 saturated carbocycles. The van der Waals surface area contributed by atoms with Gasteiger partial charge in [-0.05, 0) is 60.1 Å². The summed E-state index contributed by atoms with van der Waals surface area (Å²) in [6.07, 6.45) is 44.3. The van der Waals surface area contributed by atoms with E-state index in [1.807, 2.05) is 12.1 Å². The first-order valence-corrected chi connectivity index (χ1v) is 21.8. The summed E-state index contributed by atoms with van der Waals surface area (Å²) in [5.41, 5.74) is 4.46. The first kappa shape index (κ1) is 43.2. The predicted molar refractivity (Wildman–Crippen MR) is 216 cm³/mol. The molecule has 2 aromatic rings. The Morgan fingerprint density at radius 1 is 0.327 bits per heavy atom. The zero-order valence-corrected chi connectivity index (χ0v) is 32.7. The zero-order valence-electron chi connectivity index (χ0n) is 32.7. The van der Waals surface area contributed by atoms with Gasteiger partial charge in [0.15, 0.2) is 0 Å². The summed E-state index contributed by atoms with van der Waals surface area (Å²) in [7, 11) is 0. The van der Waals surface area contributed by atoms with Crippen LogP contribution in [-0.4, -0.2) is 10.2 Å². The first-order valence-electron chi connectivity index (χ1n) is 21.8. The molecule has 0 heterocycles. The van der Waals surface area contributed by atoms with Crippen LogP contribution < -0.4 is 0 Å². The molecule has 0 radical (unpaired) electrons. The van der Waals surface area contributed by atoms with Gasteiger partial charge < -0.3 is 10.2 Å². The summed E-state index contributed by atoms with van der Waals surface area (Å²) in [5, 5.41) is 21.3. The number of aromatic hydroxyl groups is 2. The molecule has 2 aromatic carbocycles. The normalized spacial score (nSPS) is 11.5. The number of hydrogen-bond acceptors (Lipinski definition) is 2. The average molecular weight is 677 g/mol. The van der Waals surface area contributed by atoms with E-state index in [0.717, 1.165) is 24.0 Å². The number of benzene rings is 2. The zero-order chi connectivity index (χ0) is 35.0. The maximum Gasteiger partial charge on any atom is 0.119 e. The molecular weight excluding hydrogens is 597 g/mol. The third-order valence-electron chi connectivity index (χ3n) is 10.8. The molecule has 0 aliphatic carbocycles. The van der Waals surface area contributed by atoms with Gasteiger partial charge in [-0.25, -0.2) is 0 Å². The van der Waals surface area contributed by atoms with Gasteiger partial charge in [0.2, 0.25) is 0 Å². The predicted octanol–water partition coefficient (Wildman–Crippen LogP) is 15.5. The minimum Gasteiger partial charge on any atom is -0.508 e. The molecule has 0 saturated heterocycles. The van der Waals surface area contributed by atoms with Crippen molar-refractivity contribution in [1.82, 2.24) is 0 Å². The van der Waals surface area contributed by atoms with Gasteiger partial charge in [-0.3, -0.25) is 0 Å². The summed E-state index contributed by atoms with van der Waals surface area (Å²) in [4.78, 5) is 0. The van der Waals surface area contributed by atoms with E-state index in [4.69, 9.17) is 0 Å². The number of aryl methyl sites for hydroxylation is 2. The average Bonchev–Trinajstić information content (AvgIpc) is 3.10. The number of hydrogen-bond donors (Lipinski definition) is 2. The van der Waals surface area contributed by atoms with Gasteiger partial charge in [-0.2, -0.15) is 0 Å². The van der Waals surface area contributed by atoms with Gasteiger partial charge in [0, 0.05) is 6.42 Å². The highest BCUT2D eigenvalue weighted by atomic mass is 16.3. The molecule has 0 aliphatic heterocycles. The fourth-order valence-corrected chi connectivity index (χ4v) is 7.48. The smallest absolute Gasteiger partial charge is 0.119 e. The first-order chi connectivity index (χ1) is 24.1. The Morgan fingerprint density at radius 3 is 0.837 bits per heavy atom. The maximum atomic E-state index is 10.6. The minimum absolute atomic E-state index is 0.340. The second-order valence-corrected chi connectivity index (χ2v) is 15.5. The van der Waals surface area contributed by atoms with E-state index in [0.29, 0.717) is 17.9 Å². The molecule has 49 heavy (non-hydrogen) atoms. The Hall–Kier alpha value is -1.96. The van der Waals surface area contributed by atoms with Crippen molar-refractivity contribution < 1.29 is 10.2 Å². The van der Waals surface area contributed by atoms with Crippen molar-refractivity contribution in [2.24, 2.45) is 0 Å². The van der Waals surface area contributed by atoms with Crippen LogP contribution in [0.3, 0.4) is 0 Å². The lowest BCUT2D eigenvalue weighted by atomic mass is 9.96. The molecule has 0 amide bonds. The van der Waals surface area contributed by atoms with E-state index < -0.39 is 0 Å². The third kappa shape index (κ3) is 23.2. The van der Waals surface area contributed by atoms with Crippen LogP contribution in [0.4, 0.5) is 0 Å². The van der Waals surface area contributed by atoms with Crippen LogP contribution in [0.5, 0.6) is 11.5 Å². The topological polar surface area (TPSA) is 40.5 Å².